The van der Waals surface area contributed by atoms with Crippen LogP contribution < -0.4 is 0 Å². The first-order valence-corrected chi connectivity index (χ1v) is 8.79. The largest absolute Gasteiger partial charge is 0.294 e. The van der Waals surface area contributed by atoms with Crippen LogP contribution >= 0.6 is 15.9 Å². The van der Waals surface area contributed by atoms with E-state index in [1.54, 1.807) is 0 Å². The summed E-state index contributed by atoms with van der Waals surface area (Å²) in [4.78, 5) is 11.2. The van der Waals surface area contributed by atoms with Crippen LogP contribution in [0.15, 0.2) is 71.2 Å². The molecule has 118 valence electrons. The maximum Gasteiger partial charge on any atom is 0.163 e. The minimum atomic E-state index is 0.279. The lowest BCUT2D eigenvalue weighted by molar-refractivity contribution is 0.0994. The van der Waals surface area contributed by atoms with Gasteiger partial charge in [0.15, 0.2) is 5.78 Å². The van der Waals surface area contributed by atoms with Gasteiger partial charge in [-0.05, 0) is 34.9 Å². The molecule has 23 heavy (non-hydrogen) atoms. The number of fused-ring (bicyclic) bond motifs is 2. The zero-order chi connectivity index (χ0) is 16.7. The van der Waals surface area contributed by atoms with Gasteiger partial charge in [0.2, 0.25) is 0 Å². The lowest BCUT2D eigenvalue weighted by atomic mass is 10.1. The Labute approximate surface area is 146 Å². The highest BCUT2D eigenvalue weighted by atomic mass is 79.9. The molecular weight excluding hydrogens is 348 g/mol. The molecule has 0 fully saturated rings. The Hall–Kier alpha value is -1.93. The number of ketones is 1. The maximum absolute atomic E-state index is 11.2. The highest BCUT2D eigenvalue weighted by Crippen LogP contribution is 2.24. The van der Waals surface area contributed by atoms with E-state index in [0.717, 1.165) is 16.5 Å². The summed E-state index contributed by atoms with van der Waals surface area (Å²) in [7, 11) is 0. The third-order valence-corrected chi connectivity index (χ3v) is 4.15. The minimum absolute atomic E-state index is 0.279. The van der Waals surface area contributed by atoms with E-state index in [-0.39, 0.29) is 5.78 Å². The molecular formula is C21H21BrO. The molecule has 0 unspecified atom stereocenters. The van der Waals surface area contributed by atoms with Gasteiger partial charge in [0.1, 0.15) is 0 Å². The van der Waals surface area contributed by atoms with E-state index in [2.05, 4.69) is 64.5 Å². The third kappa shape index (κ3) is 4.52. The van der Waals surface area contributed by atoms with Crippen molar-refractivity contribution in [1.82, 2.24) is 0 Å². The number of halogens is 1. The lowest BCUT2D eigenvalue weighted by Gasteiger charge is -1.96. The zero-order valence-corrected chi connectivity index (χ0v) is 15.1. The van der Waals surface area contributed by atoms with Gasteiger partial charge in [-0.3, -0.25) is 4.79 Å². The molecule has 0 saturated carbocycles. The van der Waals surface area contributed by atoms with E-state index in [9.17, 15) is 4.79 Å². The molecule has 0 aliphatic heterocycles. The molecule has 0 spiro atoms. The Kier molecular flexibility index (Phi) is 6.54. The van der Waals surface area contributed by atoms with Crippen LogP contribution in [0.2, 0.25) is 0 Å². The maximum atomic E-state index is 11.2. The van der Waals surface area contributed by atoms with Crippen LogP contribution in [-0.4, -0.2) is 5.78 Å². The van der Waals surface area contributed by atoms with E-state index < -0.39 is 0 Å². The van der Waals surface area contributed by atoms with Crippen LogP contribution in [0.5, 0.6) is 0 Å². The number of hydrogen-bond acceptors (Lipinski definition) is 1. The lowest BCUT2D eigenvalue weighted by Crippen LogP contribution is -1.89. The number of aryl methyl sites for hydroxylation is 1. The predicted octanol–water partition coefficient (Wildman–Crippen LogP) is 6.44. The molecule has 1 aliphatic rings. The summed E-state index contributed by atoms with van der Waals surface area (Å²) in [6.45, 7) is 4.00. The van der Waals surface area contributed by atoms with Crippen molar-refractivity contribution in [2.24, 2.45) is 0 Å². The van der Waals surface area contributed by atoms with Gasteiger partial charge in [0, 0.05) is 16.5 Å². The Morgan fingerprint density at radius 2 is 1.30 bits per heavy atom. The van der Waals surface area contributed by atoms with Gasteiger partial charge in [-0.25, -0.2) is 0 Å². The van der Waals surface area contributed by atoms with Gasteiger partial charge in [0.05, 0.1) is 0 Å². The fourth-order valence-electron chi connectivity index (χ4n) is 2.54. The molecule has 3 aromatic rings. The number of hydrogen-bond donors (Lipinski definition) is 0. The number of benzene rings is 3. The van der Waals surface area contributed by atoms with E-state index >= 15 is 0 Å². The van der Waals surface area contributed by atoms with E-state index in [1.807, 2.05) is 32.0 Å². The molecule has 2 heteroatoms. The molecule has 0 heterocycles. The van der Waals surface area contributed by atoms with Gasteiger partial charge in [-0.2, -0.15) is 0 Å². The van der Waals surface area contributed by atoms with Crippen molar-refractivity contribution in [3.8, 4) is 0 Å². The van der Waals surface area contributed by atoms with E-state index in [0.29, 0.717) is 6.42 Å². The predicted molar refractivity (Wildman–Crippen MR) is 102 cm³/mol. The third-order valence-electron chi connectivity index (χ3n) is 3.65. The molecule has 0 aromatic heterocycles. The summed E-state index contributed by atoms with van der Waals surface area (Å²) in [5.74, 6) is 0.279. The van der Waals surface area contributed by atoms with Crippen LogP contribution in [0.1, 0.15) is 36.2 Å². The fraction of sp³-hybridized carbons (Fsp3) is 0.190. The molecule has 0 bridgehead atoms. The van der Waals surface area contributed by atoms with Crippen LogP contribution in [-0.2, 0) is 6.42 Å². The summed E-state index contributed by atoms with van der Waals surface area (Å²) < 4.78 is 0.992. The van der Waals surface area contributed by atoms with Gasteiger partial charge in [-0.15, -0.1) is 0 Å². The Morgan fingerprint density at radius 1 is 0.783 bits per heavy atom. The quantitative estimate of drug-likeness (QED) is 0.445. The normalized spacial score (nSPS) is 11.9. The average Bonchev–Trinajstić information content (AvgIpc) is 2.98. The molecule has 1 aliphatic carbocycles. The number of carbonyl (C=O) groups excluding carboxylic acids is 1. The van der Waals surface area contributed by atoms with Crippen molar-refractivity contribution in [2.75, 3.05) is 0 Å². The van der Waals surface area contributed by atoms with Crippen molar-refractivity contribution in [3.63, 3.8) is 0 Å². The smallest absolute Gasteiger partial charge is 0.163 e. The average molecular weight is 369 g/mol. The number of rotatable bonds is 0. The zero-order valence-electron chi connectivity index (χ0n) is 13.6. The van der Waals surface area contributed by atoms with Crippen LogP contribution in [0, 0.1) is 0 Å². The van der Waals surface area contributed by atoms with Gasteiger partial charge in [0.25, 0.3) is 0 Å². The molecule has 0 amide bonds. The first-order chi connectivity index (χ1) is 11.2. The summed E-state index contributed by atoms with van der Waals surface area (Å²) in [5, 5.41) is 2.62. The second-order valence-electron chi connectivity index (χ2n) is 5.07. The van der Waals surface area contributed by atoms with Crippen molar-refractivity contribution in [3.05, 3.63) is 82.3 Å². The molecule has 1 nitrogen and oxygen atoms in total. The molecule has 3 aromatic carbocycles. The van der Waals surface area contributed by atoms with Gasteiger partial charge in [-0.1, -0.05) is 84.4 Å². The van der Waals surface area contributed by atoms with Crippen molar-refractivity contribution in [2.45, 2.75) is 26.7 Å². The molecule has 0 atom stereocenters. The van der Waals surface area contributed by atoms with Gasteiger partial charge >= 0.3 is 0 Å². The minimum Gasteiger partial charge on any atom is -0.294 e. The Balaban J connectivity index is 0.000000152. The molecule has 0 radical (unpaired) electrons. The van der Waals surface area contributed by atoms with Crippen LogP contribution in [0.4, 0.5) is 0 Å². The SMILES string of the molecule is CC.O=C1CCc2ccc(Br)cc21.c1ccc2ccccc2c1. The van der Waals surface area contributed by atoms with Gasteiger partial charge < -0.3 is 0 Å². The van der Waals surface area contributed by atoms with Crippen LogP contribution in [0.3, 0.4) is 0 Å². The topological polar surface area (TPSA) is 17.1 Å². The monoisotopic (exact) mass is 368 g/mol. The highest BCUT2D eigenvalue weighted by molar-refractivity contribution is 9.10. The first kappa shape index (κ1) is 17.4. The second kappa shape index (κ2) is 8.64. The molecule has 0 saturated heterocycles. The molecule has 4 rings (SSSR count). The summed E-state index contributed by atoms with van der Waals surface area (Å²) in [6, 6.07) is 22.6. The van der Waals surface area contributed by atoms with Crippen molar-refractivity contribution in [1.29, 1.82) is 0 Å². The fourth-order valence-corrected chi connectivity index (χ4v) is 2.90. The van der Waals surface area contributed by atoms with Crippen molar-refractivity contribution < 1.29 is 4.79 Å². The first-order valence-electron chi connectivity index (χ1n) is 7.99. The second-order valence-corrected chi connectivity index (χ2v) is 5.99. The van der Waals surface area contributed by atoms with Crippen molar-refractivity contribution >= 4 is 32.5 Å². The summed E-state index contributed by atoms with van der Waals surface area (Å²) in [6.07, 6.45) is 1.60. The summed E-state index contributed by atoms with van der Waals surface area (Å²) in [5.41, 5.74) is 2.09. The highest BCUT2D eigenvalue weighted by Gasteiger charge is 2.18. The molecule has 0 N–H and O–H groups in total. The number of Topliss-reactive ketones (excluding diaryl/α,β-unsaturated/α-hetero) is 1. The summed E-state index contributed by atoms with van der Waals surface area (Å²) >= 11 is 3.34. The Morgan fingerprint density at radius 3 is 1.83 bits per heavy atom. The van der Waals surface area contributed by atoms with E-state index in [4.69, 9.17) is 0 Å². The standard InChI is InChI=1S/C10H8.C9H7BrO.C2H6/c1-2-6-10-8-4-3-7-9(10)5-1;10-7-3-1-6-2-4-9(11)8(6)5-7;1-2/h1-8H;1,3,5H,2,4H2;1-2H3. The van der Waals surface area contributed by atoms with E-state index in [1.165, 1.54) is 16.3 Å². The number of carbonyl (C=O) groups is 1. The van der Waals surface area contributed by atoms with Crippen LogP contribution in [0.25, 0.3) is 10.8 Å². The Bertz CT molecular complexity index is 727.